The van der Waals surface area contributed by atoms with Crippen molar-refractivity contribution in [1.82, 2.24) is 20.2 Å². The fourth-order valence-corrected chi connectivity index (χ4v) is 3.86. The Morgan fingerprint density at radius 1 is 1.28 bits per heavy atom. The lowest BCUT2D eigenvalue weighted by atomic mass is 9.94. The van der Waals surface area contributed by atoms with Gasteiger partial charge in [0.25, 0.3) is 5.91 Å². The van der Waals surface area contributed by atoms with Gasteiger partial charge in [-0.2, -0.15) is 0 Å². The number of nitrogens with one attached hydrogen (secondary N) is 1. The number of hydrogen-bond donors (Lipinski definition) is 2. The van der Waals surface area contributed by atoms with Gasteiger partial charge in [0.15, 0.2) is 0 Å². The molecule has 2 atom stereocenters. The zero-order valence-electron chi connectivity index (χ0n) is 16.8. The first-order valence-electron chi connectivity index (χ1n) is 10.2. The van der Waals surface area contributed by atoms with E-state index in [-0.39, 0.29) is 25.1 Å². The van der Waals surface area contributed by atoms with Crippen LogP contribution in [-0.4, -0.2) is 63.8 Å². The number of carbonyl (C=O) groups is 1. The summed E-state index contributed by atoms with van der Waals surface area (Å²) in [5.41, 5.74) is 0.911. The van der Waals surface area contributed by atoms with Crippen LogP contribution >= 0.6 is 0 Å². The van der Waals surface area contributed by atoms with Crippen molar-refractivity contribution in [1.29, 1.82) is 0 Å². The Hall–Kier alpha value is -2.35. The second-order valence-corrected chi connectivity index (χ2v) is 8.15. The lowest BCUT2D eigenvalue weighted by Gasteiger charge is -2.49. The van der Waals surface area contributed by atoms with Crippen molar-refractivity contribution < 1.29 is 14.6 Å². The summed E-state index contributed by atoms with van der Waals surface area (Å²) >= 11 is 0. The topological polar surface area (TPSA) is 87.6 Å². The van der Waals surface area contributed by atoms with E-state index in [1.54, 1.807) is 12.4 Å². The molecule has 1 amide bonds. The molecule has 154 valence electrons. The van der Waals surface area contributed by atoms with Gasteiger partial charge in [-0.1, -0.05) is 30.3 Å². The molecule has 7 nitrogen and oxygen atoms in total. The van der Waals surface area contributed by atoms with Gasteiger partial charge in [0.1, 0.15) is 5.82 Å². The number of aromatic nitrogens is 2. The first kappa shape index (κ1) is 19.9. The maximum Gasteiger partial charge on any atom is 0.254 e. The average Bonchev–Trinajstić information content (AvgIpc) is 3.60. The molecule has 0 unspecified atom stereocenters. The number of benzene rings is 1. The molecular formula is C22H28N4O3. The van der Waals surface area contributed by atoms with Crippen LogP contribution in [0.1, 0.15) is 47.4 Å². The van der Waals surface area contributed by atoms with Crippen molar-refractivity contribution in [3.63, 3.8) is 0 Å². The van der Waals surface area contributed by atoms with Crippen LogP contribution in [-0.2, 0) is 11.3 Å². The monoisotopic (exact) mass is 396 g/mol. The molecule has 1 aliphatic carbocycles. The zero-order chi connectivity index (χ0) is 20.3. The van der Waals surface area contributed by atoms with E-state index < -0.39 is 5.54 Å². The maximum atomic E-state index is 12.7. The Kier molecular flexibility index (Phi) is 5.89. The lowest BCUT2D eigenvalue weighted by molar-refractivity contribution is -0.121. The van der Waals surface area contributed by atoms with E-state index in [1.165, 1.54) is 0 Å². The number of nitrogens with zero attached hydrogens (tertiary/aromatic N) is 3. The highest BCUT2D eigenvalue weighted by molar-refractivity contribution is 5.93. The number of aliphatic hydroxyl groups is 1. The number of hydrogen-bond acceptors (Lipinski definition) is 6. The molecular weight excluding hydrogens is 368 g/mol. The molecule has 2 aliphatic rings. The summed E-state index contributed by atoms with van der Waals surface area (Å²) < 4.78 is 5.77. The number of morpholine rings is 1. The Balaban J connectivity index is 1.46. The minimum atomic E-state index is -0.683. The van der Waals surface area contributed by atoms with Gasteiger partial charge in [-0.15, -0.1) is 0 Å². The Labute approximate surface area is 171 Å². The Bertz CT molecular complexity index is 826. The first-order chi connectivity index (χ1) is 14.1. The van der Waals surface area contributed by atoms with Gasteiger partial charge in [-0.25, -0.2) is 9.97 Å². The summed E-state index contributed by atoms with van der Waals surface area (Å²) in [5, 5.41) is 13.3. The summed E-state index contributed by atoms with van der Waals surface area (Å²) in [6, 6.07) is 10.3. The largest absolute Gasteiger partial charge is 0.394 e. The first-order valence-corrected chi connectivity index (χ1v) is 10.2. The molecule has 7 heteroatoms. The average molecular weight is 396 g/mol. The zero-order valence-corrected chi connectivity index (χ0v) is 16.8. The van der Waals surface area contributed by atoms with Crippen LogP contribution in [0.2, 0.25) is 0 Å². The van der Waals surface area contributed by atoms with Crippen LogP contribution in [0.3, 0.4) is 0 Å². The highest BCUT2D eigenvalue weighted by Crippen LogP contribution is 2.37. The number of aliphatic hydroxyl groups excluding tert-OH is 1. The minimum absolute atomic E-state index is 0.110. The highest BCUT2D eigenvalue weighted by Gasteiger charge is 2.43. The van der Waals surface area contributed by atoms with E-state index in [0.717, 1.165) is 24.2 Å². The molecule has 0 spiro atoms. The van der Waals surface area contributed by atoms with Crippen LogP contribution in [0.5, 0.6) is 0 Å². The smallest absolute Gasteiger partial charge is 0.254 e. The molecule has 1 aromatic heterocycles. The van der Waals surface area contributed by atoms with Crippen molar-refractivity contribution >= 4 is 5.91 Å². The number of rotatable bonds is 7. The van der Waals surface area contributed by atoms with Crippen molar-refractivity contribution in [2.45, 2.75) is 43.8 Å². The summed E-state index contributed by atoms with van der Waals surface area (Å²) in [6.07, 6.45) is 5.42. The van der Waals surface area contributed by atoms with Crippen LogP contribution in [0.25, 0.3) is 0 Å². The number of carbonyl (C=O) groups excluding carboxylic acids is 1. The molecule has 1 aromatic carbocycles. The summed E-state index contributed by atoms with van der Waals surface area (Å²) in [7, 11) is 0. The standard InChI is InChI=1S/C22H28N4O3/c1-16-12-29-15-22(14-27,26(16)11-17-5-3-2-4-6-17)13-25-21(28)19-9-23-20(24-10-19)18-7-8-18/h2-6,9-10,16,18,27H,7-8,11-15H2,1H3,(H,25,28)/t16-,22+/m1/s1. The quantitative estimate of drug-likeness (QED) is 0.741. The lowest BCUT2D eigenvalue weighted by Crippen LogP contribution is -2.66. The molecule has 0 radical (unpaired) electrons. The second-order valence-electron chi connectivity index (χ2n) is 8.15. The Morgan fingerprint density at radius 3 is 2.66 bits per heavy atom. The third-order valence-corrected chi connectivity index (χ3v) is 5.82. The molecule has 2 fully saturated rings. The van der Waals surface area contributed by atoms with Gasteiger partial charge in [0.05, 0.1) is 30.9 Å². The second kappa shape index (κ2) is 8.57. The fraction of sp³-hybridized carbons (Fsp3) is 0.500. The van der Waals surface area contributed by atoms with Crippen molar-refractivity contribution in [2.24, 2.45) is 0 Å². The van der Waals surface area contributed by atoms with Crippen molar-refractivity contribution in [2.75, 3.05) is 26.4 Å². The predicted molar refractivity (Wildman–Crippen MR) is 108 cm³/mol. The van der Waals surface area contributed by atoms with Gasteiger partial charge >= 0.3 is 0 Å². The van der Waals surface area contributed by atoms with E-state index in [1.807, 2.05) is 18.2 Å². The minimum Gasteiger partial charge on any atom is -0.394 e. The maximum absolute atomic E-state index is 12.7. The van der Waals surface area contributed by atoms with Gasteiger partial charge < -0.3 is 15.2 Å². The van der Waals surface area contributed by atoms with Gasteiger partial charge in [-0.05, 0) is 25.3 Å². The molecule has 1 saturated carbocycles. The summed E-state index contributed by atoms with van der Waals surface area (Å²) in [4.78, 5) is 23.5. The molecule has 1 saturated heterocycles. The third-order valence-electron chi connectivity index (χ3n) is 5.82. The van der Waals surface area contributed by atoms with Crippen LogP contribution < -0.4 is 5.32 Å². The van der Waals surface area contributed by atoms with Crippen molar-refractivity contribution in [3.8, 4) is 0 Å². The normalized spacial score (nSPS) is 25.0. The van der Waals surface area contributed by atoms with Crippen LogP contribution in [0, 0.1) is 0 Å². The van der Waals surface area contributed by atoms with Crippen LogP contribution in [0.4, 0.5) is 0 Å². The number of amides is 1. The Morgan fingerprint density at radius 2 is 2.00 bits per heavy atom. The van der Waals surface area contributed by atoms with Crippen molar-refractivity contribution in [3.05, 3.63) is 59.7 Å². The van der Waals surface area contributed by atoms with E-state index in [2.05, 4.69) is 39.2 Å². The summed E-state index contributed by atoms with van der Waals surface area (Å²) in [6.45, 7) is 3.89. The van der Waals surface area contributed by atoms with E-state index in [0.29, 0.717) is 31.2 Å². The third kappa shape index (κ3) is 4.47. The molecule has 2 N–H and O–H groups in total. The highest BCUT2D eigenvalue weighted by atomic mass is 16.5. The SMILES string of the molecule is C[C@@H]1COC[C@@](CO)(CNC(=O)c2cnc(C3CC3)nc2)N1Cc1ccccc1. The molecule has 1 aliphatic heterocycles. The van der Waals surface area contributed by atoms with E-state index in [9.17, 15) is 9.90 Å². The molecule has 29 heavy (non-hydrogen) atoms. The number of ether oxygens (including phenoxy) is 1. The molecule has 2 aromatic rings. The van der Waals surface area contributed by atoms with Gasteiger partial charge in [0, 0.05) is 37.4 Å². The molecule has 0 bridgehead atoms. The van der Waals surface area contributed by atoms with Gasteiger partial charge in [0.2, 0.25) is 0 Å². The summed E-state index contributed by atoms with van der Waals surface area (Å²) in [5.74, 6) is 1.03. The van der Waals surface area contributed by atoms with E-state index >= 15 is 0 Å². The molecule has 2 heterocycles. The predicted octanol–water partition coefficient (Wildman–Crippen LogP) is 1.74. The fourth-order valence-electron chi connectivity index (χ4n) is 3.86. The van der Waals surface area contributed by atoms with Crippen LogP contribution in [0.15, 0.2) is 42.7 Å². The van der Waals surface area contributed by atoms with Gasteiger partial charge in [-0.3, -0.25) is 9.69 Å². The molecule has 4 rings (SSSR count). The van der Waals surface area contributed by atoms with E-state index in [4.69, 9.17) is 4.74 Å².